The zero-order valence-corrected chi connectivity index (χ0v) is 23.4. The van der Waals surface area contributed by atoms with Crippen LogP contribution in [0.15, 0.2) is 46.2 Å². The van der Waals surface area contributed by atoms with E-state index in [0.717, 1.165) is 37.8 Å². The van der Waals surface area contributed by atoms with Crippen molar-refractivity contribution in [1.82, 2.24) is 0 Å². The molecule has 0 atom stereocenters. The van der Waals surface area contributed by atoms with Gasteiger partial charge in [-0.3, -0.25) is 0 Å². The predicted molar refractivity (Wildman–Crippen MR) is 143 cm³/mol. The Kier molecular flexibility index (Phi) is 9.67. The second kappa shape index (κ2) is 12.2. The average Bonchev–Trinajstić information content (AvgIpc) is 2.96. The smallest absolute Gasteiger partial charge is 0.416 e. The number of nitrogens with zero attached hydrogens (tertiary/aromatic N) is 1. The highest BCUT2D eigenvalue weighted by Gasteiger charge is 2.43. The lowest BCUT2D eigenvalue weighted by molar-refractivity contribution is -0.139. The molecule has 0 fully saturated rings. The molecule has 2 aromatic carbocycles. The number of carboxylic acid groups (broad SMARTS) is 1. The van der Waals surface area contributed by atoms with Gasteiger partial charge in [0, 0.05) is 23.7 Å². The van der Waals surface area contributed by atoms with Crippen LogP contribution in [0, 0.1) is 5.41 Å². The zero-order valence-electron chi connectivity index (χ0n) is 21.8. The molecule has 0 spiro atoms. The zero-order chi connectivity index (χ0) is 28.1. The van der Waals surface area contributed by atoms with Crippen molar-refractivity contribution in [2.24, 2.45) is 5.41 Å². The standard InChI is InChI=1S/C27H34F3NO5S2/c1-4-6-12-26(13-7-5-2)17-31(20-10-8-19(9-11-20)27(28,29)30)21-14-23(37-3)22(36-16-25(32)33)15-24(21)38(34,35)18-26/h8-11,14-15H,4-7,12-13,16-18H2,1-3H3,(H,32,33). The molecule has 0 amide bonds. The monoisotopic (exact) mass is 573 g/mol. The summed E-state index contributed by atoms with van der Waals surface area (Å²) in [5, 5.41) is 9.09. The molecule has 1 aliphatic rings. The van der Waals surface area contributed by atoms with Gasteiger partial charge in [0.25, 0.3) is 0 Å². The summed E-state index contributed by atoms with van der Waals surface area (Å²) in [6.45, 7) is 3.77. The summed E-state index contributed by atoms with van der Waals surface area (Å²) in [5.74, 6) is -1.16. The summed E-state index contributed by atoms with van der Waals surface area (Å²) < 4.78 is 73.2. The van der Waals surface area contributed by atoms with Gasteiger partial charge in [0.15, 0.2) is 16.4 Å². The molecule has 1 N–H and O–H groups in total. The Morgan fingerprint density at radius 2 is 1.71 bits per heavy atom. The van der Waals surface area contributed by atoms with Crippen LogP contribution in [-0.4, -0.2) is 44.7 Å². The fourth-order valence-corrected chi connectivity index (χ4v) is 7.61. The molecule has 1 heterocycles. The first-order valence-electron chi connectivity index (χ1n) is 12.6. The molecule has 0 bridgehead atoms. The van der Waals surface area contributed by atoms with Crippen molar-refractivity contribution in [3.63, 3.8) is 0 Å². The van der Waals surface area contributed by atoms with Crippen molar-refractivity contribution in [3.05, 3.63) is 42.0 Å². The van der Waals surface area contributed by atoms with E-state index in [0.29, 0.717) is 35.7 Å². The Morgan fingerprint density at radius 1 is 1.11 bits per heavy atom. The number of rotatable bonds is 11. The summed E-state index contributed by atoms with van der Waals surface area (Å²) >= 11 is 1.27. The lowest BCUT2D eigenvalue weighted by Gasteiger charge is -2.37. The first-order chi connectivity index (χ1) is 17.9. The van der Waals surface area contributed by atoms with Crippen LogP contribution in [0.5, 0.6) is 5.75 Å². The minimum absolute atomic E-state index is 0.00883. The van der Waals surface area contributed by atoms with Gasteiger partial charge in [-0.05, 0) is 49.4 Å². The van der Waals surface area contributed by atoms with Gasteiger partial charge in [0.1, 0.15) is 5.75 Å². The Hall–Kier alpha value is -2.40. The van der Waals surface area contributed by atoms with E-state index >= 15 is 0 Å². The third-order valence-electron chi connectivity index (χ3n) is 6.84. The van der Waals surface area contributed by atoms with Crippen molar-refractivity contribution in [2.75, 3.05) is 30.1 Å². The normalized spacial score (nSPS) is 16.5. The van der Waals surface area contributed by atoms with Gasteiger partial charge in [-0.15, -0.1) is 11.8 Å². The maximum atomic E-state index is 13.9. The Balaban J connectivity index is 2.26. The molecule has 1 aliphatic heterocycles. The van der Waals surface area contributed by atoms with Gasteiger partial charge in [0.05, 0.1) is 26.8 Å². The number of ether oxygens (including phenoxy) is 1. The molecule has 11 heteroatoms. The number of unbranched alkanes of at least 4 members (excludes halogenated alkanes) is 2. The van der Waals surface area contributed by atoms with Crippen LogP contribution in [0.2, 0.25) is 0 Å². The summed E-state index contributed by atoms with van der Waals surface area (Å²) in [5.41, 5.74) is -0.588. The largest absolute Gasteiger partial charge is 0.481 e. The number of thioether (sulfide) groups is 1. The topological polar surface area (TPSA) is 83.9 Å². The predicted octanol–water partition coefficient (Wildman–Crippen LogP) is 7.18. The second-order valence-corrected chi connectivity index (χ2v) is 12.6. The highest BCUT2D eigenvalue weighted by atomic mass is 32.2. The van der Waals surface area contributed by atoms with E-state index in [1.54, 1.807) is 12.3 Å². The number of halogens is 3. The van der Waals surface area contributed by atoms with E-state index in [2.05, 4.69) is 0 Å². The van der Waals surface area contributed by atoms with Gasteiger partial charge in [0.2, 0.25) is 0 Å². The minimum Gasteiger partial charge on any atom is -0.481 e. The maximum absolute atomic E-state index is 13.9. The fourth-order valence-electron chi connectivity index (χ4n) is 4.94. The highest BCUT2D eigenvalue weighted by Crippen LogP contribution is 2.48. The lowest BCUT2D eigenvalue weighted by atomic mass is 9.79. The molecule has 6 nitrogen and oxygen atoms in total. The van der Waals surface area contributed by atoms with Crippen LogP contribution in [0.25, 0.3) is 0 Å². The molecular formula is C27H34F3NO5S2. The van der Waals surface area contributed by atoms with Gasteiger partial charge >= 0.3 is 12.1 Å². The number of sulfone groups is 1. The van der Waals surface area contributed by atoms with Crippen molar-refractivity contribution in [3.8, 4) is 5.75 Å². The van der Waals surface area contributed by atoms with Crippen LogP contribution in [0.1, 0.15) is 57.9 Å². The van der Waals surface area contributed by atoms with E-state index in [9.17, 15) is 26.4 Å². The molecule has 0 saturated carbocycles. The number of carboxylic acids is 1. The molecule has 210 valence electrons. The van der Waals surface area contributed by atoms with Gasteiger partial charge in [-0.1, -0.05) is 39.5 Å². The van der Waals surface area contributed by atoms with Gasteiger partial charge in [-0.2, -0.15) is 13.2 Å². The number of fused-ring (bicyclic) bond motifs is 1. The lowest BCUT2D eigenvalue weighted by Crippen LogP contribution is -2.38. The van der Waals surface area contributed by atoms with Crippen LogP contribution in [0.4, 0.5) is 24.5 Å². The third-order valence-corrected chi connectivity index (χ3v) is 9.59. The van der Waals surface area contributed by atoms with E-state index in [-0.39, 0.29) is 16.4 Å². The molecule has 0 unspecified atom stereocenters. The SMILES string of the molecule is CCCCC1(CCCC)CN(c2ccc(C(F)(F)F)cc2)c2cc(SC)c(OCC(=O)O)cc2S(=O)(=O)C1. The highest BCUT2D eigenvalue weighted by molar-refractivity contribution is 7.98. The molecule has 38 heavy (non-hydrogen) atoms. The Labute approximate surface area is 226 Å². The third kappa shape index (κ3) is 6.97. The Morgan fingerprint density at radius 3 is 2.21 bits per heavy atom. The van der Waals surface area contributed by atoms with Crippen molar-refractivity contribution >= 4 is 38.9 Å². The summed E-state index contributed by atoms with van der Waals surface area (Å²) in [7, 11) is -3.86. The van der Waals surface area contributed by atoms with Crippen LogP contribution >= 0.6 is 11.8 Å². The van der Waals surface area contributed by atoms with Crippen molar-refractivity contribution < 1.29 is 36.2 Å². The molecule has 0 aliphatic carbocycles. The number of benzene rings is 2. The number of anilines is 2. The van der Waals surface area contributed by atoms with E-state index < -0.39 is 39.6 Å². The summed E-state index contributed by atoms with van der Waals surface area (Å²) in [6.07, 6.45) is 1.98. The minimum atomic E-state index is -4.49. The number of alkyl halides is 3. The quantitative estimate of drug-likeness (QED) is 0.285. The van der Waals surface area contributed by atoms with E-state index in [1.165, 1.54) is 30.0 Å². The number of aliphatic carboxylic acids is 1. The van der Waals surface area contributed by atoms with Crippen molar-refractivity contribution in [1.29, 1.82) is 0 Å². The van der Waals surface area contributed by atoms with Crippen molar-refractivity contribution in [2.45, 2.75) is 68.3 Å². The fraction of sp³-hybridized carbons (Fsp3) is 0.519. The number of carbonyl (C=O) groups is 1. The molecule has 2 aromatic rings. The summed E-state index contributed by atoms with van der Waals surface area (Å²) in [6, 6.07) is 7.78. The van der Waals surface area contributed by atoms with Crippen LogP contribution in [0.3, 0.4) is 0 Å². The Bertz CT molecular complexity index is 1220. The first-order valence-corrected chi connectivity index (χ1v) is 15.5. The van der Waals surface area contributed by atoms with Crippen LogP contribution < -0.4 is 9.64 Å². The second-order valence-electron chi connectivity index (χ2n) is 9.75. The summed E-state index contributed by atoms with van der Waals surface area (Å²) in [4.78, 5) is 13.5. The molecule has 0 radical (unpaired) electrons. The molecular weight excluding hydrogens is 539 g/mol. The van der Waals surface area contributed by atoms with E-state index in [4.69, 9.17) is 9.84 Å². The first kappa shape index (κ1) is 30.1. The van der Waals surface area contributed by atoms with Gasteiger partial charge < -0.3 is 14.7 Å². The maximum Gasteiger partial charge on any atom is 0.416 e. The molecule has 0 saturated heterocycles. The van der Waals surface area contributed by atoms with E-state index in [1.807, 2.05) is 18.7 Å². The van der Waals surface area contributed by atoms with Gasteiger partial charge in [-0.25, -0.2) is 13.2 Å². The molecule has 0 aromatic heterocycles. The van der Waals surface area contributed by atoms with Crippen LogP contribution in [-0.2, 0) is 20.8 Å². The molecule has 3 rings (SSSR count). The number of hydrogen-bond donors (Lipinski definition) is 1. The number of hydrogen-bond acceptors (Lipinski definition) is 6. The average molecular weight is 574 g/mol.